The van der Waals surface area contributed by atoms with Gasteiger partial charge in [0.25, 0.3) is 5.91 Å². The third-order valence-corrected chi connectivity index (χ3v) is 5.81. The highest BCUT2D eigenvalue weighted by atomic mass is 32.2. The van der Waals surface area contributed by atoms with Gasteiger partial charge in [-0.1, -0.05) is 0 Å². The van der Waals surface area contributed by atoms with E-state index in [9.17, 15) is 22.0 Å². The first kappa shape index (κ1) is 18.4. The molecule has 2 aromatic rings. The molecule has 1 N–H and O–H groups in total. The lowest BCUT2D eigenvalue weighted by molar-refractivity contribution is 0.0730. The lowest BCUT2D eigenvalue weighted by Crippen LogP contribution is -2.40. The van der Waals surface area contributed by atoms with Crippen LogP contribution in [0.4, 0.5) is 14.5 Å². The predicted octanol–water partition coefficient (Wildman–Crippen LogP) is 2.24. The van der Waals surface area contributed by atoms with Crippen LogP contribution >= 0.6 is 0 Å². The van der Waals surface area contributed by atoms with Crippen LogP contribution in [-0.4, -0.2) is 44.9 Å². The van der Waals surface area contributed by atoms with Crippen molar-refractivity contribution in [1.29, 1.82) is 0 Å². The van der Waals surface area contributed by atoms with Gasteiger partial charge in [0.05, 0.1) is 18.1 Å². The molecule has 138 valence electrons. The van der Waals surface area contributed by atoms with Crippen molar-refractivity contribution in [2.24, 2.45) is 0 Å². The molecule has 3 rings (SSSR count). The van der Waals surface area contributed by atoms with E-state index in [1.165, 1.54) is 34.6 Å². The molecular weight excluding hydrogens is 366 g/mol. The van der Waals surface area contributed by atoms with Gasteiger partial charge in [0, 0.05) is 30.4 Å². The van der Waals surface area contributed by atoms with Crippen molar-refractivity contribution < 1.29 is 26.7 Å². The van der Waals surface area contributed by atoms with Gasteiger partial charge in [-0.05, 0) is 36.4 Å². The number of rotatable bonds is 4. The number of amides is 1. The number of sulfonamides is 1. The number of hydrogen-bond donors (Lipinski definition) is 1. The third kappa shape index (κ3) is 3.90. The van der Waals surface area contributed by atoms with E-state index in [2.05, 4.69) is 5.32 Å². The summed E-state index contributed by atoms with van der Waals surface area (Å²) in [7, 11) is -3.64. The maximum atomic E-state index is 13.2. The average molecular weight is 382 g/mol. The van der Waals surface area contributed by atoms with Gasteiger partial charge in [-0.2, -0.15) is 4.31 Å². The van der Waals surface area contributed by atoms with E-state index in [-0.39, 0.29) is 29.2 Å². The number of nitrogens with zero attached hydrogens (tertiary/aromatic N) is 1. The van der Waals surface area contributed by atoms with E-state index in [0.717, 1.165) is 12.1 Å². The Balaban J connectivity index is 1.74. The molecule has 1 amide bonds. The number of hydrogen-bond acceptors (Lipinski definition) is 4. The van der Waals surface area contributed by atoms with Gasteiger partial charge in [-0.3, -0.25) is 4.79 Å². The summed E-state index contributed by atoms with van der Waals surface area (Å²) in [4.78, 5) is 12.2. The predicted molar refractivity (Wildman–Crippen MR) is 90.3 cm³/mol. The van der Waals surface area contributed by atoms with Crippen LogP contribution < -0.4 is 5.32 Å². The highest BCUT2D eigenvalue weighted by molar-refractivity contribution is 7.89. The van der Waals surface area contributed by atoms with E-state index in [0.29, 0.717) is 13.2 Å². The van der Waals surface area contributed by atoms with Crippen LogP contribution in [0.15, 0.2) is 47.4 Å². The minimum absolute atomic E-state index is 0.0729. The molecular formula is C17H16F2N2O4S. The minimum atomic E-state index is -3.64. The minimum Gasteiger partial charge on any atom is -0.379 e. The molecule has 0 aromatic heterocycles. The summed E-state index contributed by atoms with van der Waals surface area (Å²) in [5.41, 5.74) is 0.287. The number of anilines is 1. The Morgan fingerprint density at radius 1 is 1.00 bits per heavy atom. The standard InChI is InChI=1S/C17H16F2N2O4S/c18-15-6-3-13(11-16(15)19)20-17(22)12-1-4-14(5-2-12)26(23,24)21-7-9-25-10-8-21/h1-6,11H,7-10H2,(H,20,22). The molecule has 0 unspecified atom stereocenters. The zero-order valence-corrected chi connectivity index (χ0v) is 14.4. The Labute approximate surface area is 149 Å². The molecule has 0 bridgehead atoms. The van der Waals surface area contributed by atoms with Crippen molar-refractivity contribution in [3.8, 4) is 0 Å². The van der Waals surface area contributed by atoms with Crippen LogP contribution in [0.3, 0.4) is 0 Å². The number of nitrogens with one attached hydrogen (secondary N) is 1. The van der Waals surface area contributed by atoms with Crippen molar-refractivity contribution in [3.63, 3.8) is 0 Å². The summed E-state index contributed by atoms with van der Waals surface area (Å²) in [5.74, 6) is -2.65. The SMILES string of the molecule is O=C(Nc1ccc(F)c(F)c1)c1ccc(S(=O)(=O)N2CCOCC2)cc1. The largest absolute Gasteiger partial charge is 0.379 e. The molecule has 26 heavy (non-hydrogen) atoms. The zero-order chi connectivity index (χ0) is 18.7. The molecule has 0 aliphatic carbocycles. The van der Waals surface area contributed by atoms with Gasteiger partial charge in [0.1, 0.15) is 0 Å². The van der Waals surface area contributed by atoms with E-state index < -0.39 is 27.6 Å². The lowest BCUT2D eigenvalue weighted by atomic mass is 10.2. The van der Waals surface area contributed by atoms with Crippen LogP contribution in [0.25, 0.3) is 0 Å². The van der Waals surface area contributed by atoms with Gasteiger partial charge in [-0.15, -0.1) is 0 Å². The van der Waals surface area contributed by atoms with E-state index >= 15 is 0 Å². The summed E-state index contributed by atoms with van der Waals surface area (Å²) in [6.07, 6.45) is 0. The molecule has 1 fully saturated rings. The monoisotopic (exact) mass is 382 g/mol. The van der Waals surface area contributed by atoms with E-state index in [1.54, 1.807) is 0 Å². The Morgan fingerprint density at radius 2 is 1.65 bits per heavy atom. The second kappa shape index (κ2) is 7.48. The molecule has 0 saturated carbocycles. The van der Waals surface area contributed by atoms with Gasteiger partial charge < -0.3 is 10.1 Å². The van der Waals surface area contributed by atoms with Crippen molar-refractivity contribution in [2.45, 2.75) is 4.90 Å². The molecule has 1 aliphatic heterocycles. The maximum Gasteiger partial charge on any atom is 0.255 e. The number of morpholine rings is 1. The molecule has 9 heteroatoms. The smallest absolute Gasteiger partial charge is 0.255 e. The first-order valence-corrected chi connectivity index (χ1v) is 9.26. The van der Waals surface area contributed by atoms with Crippen molar-refractivity contribution in [1.82, 2.24) is 4.31 Å². The van der Waals surface area contributed by atoms with Gasteiger partial charge >= 0.3 is 0 Å². The fraction of sp³-hybridized carbons (Fsp3) is 0.235. The van der Waals surface area contributed by atoms with Gasteiger partial charge in [0.2, 0.25) is 10.0 Å². The highest BCUT2D eigenvalue weighted by Gasteiger charge is 2.26. The van der Waals surface area contributed by atoms with Crippen LogP contribution in [-0.2, 0) is 14.8 Å². The third-order valence-electron chi connectivity index (χ3n) is 3.90. The lowest BCUT2D eigenvalue weighted by Gasteiger charge is -2.26. The second-order valence-electron chi connectivity index (χ2n) is 5.62. The second-order valence-corrected chi connectivity index (χ2v) is 7.56. The molecule has 1 aliphatic rings. The molecule has 0 radical (unpaired) electrons. The van der Waals surface area contributed by atoms with Gasteiger partial charge in [0.15, 0.2) is 11.6 Å². The van der Waals surface area contributed by atoms with Crippen molar-refractivity contribution >= 4 is 21.6 Å². The Hall–Kier alpha value is -2.36. The van der Waals surface area contributed by atoms with E-state index in [4.69, 9.17) is 4.74 Å². The average Bonchev–Trinajstić information content (AvgIpc) is 2.65. The van der Waals surface area contributed by atoms with Crippen LogP contribution in [0, 0.1) is 11.6 Å². The van der Waals surface area contributed by atoms with E-state index in [1.807, 2.05) is 0 Å². The summed E-state index contributed by atoms with van der Waals surface area (Å²) in [6.45, 7) is 1.24. The number of carbonyl (C=O) groups is 1. The number of benzene rings is 2. The normalized spacial score (nSPS) is 15.6. The summed E-state index contributed by atoms with van der Waals surface area (Å²) >= 11 is 0. The molecule has 0 atom stereocenters. The summed E-state index contributed by atoms with van der Waals surface area (Å²) in [5, 5.41) is 2.43. The molecule has 6 nitrogen and oxygen atoms in total. The Morgan fingerprint density at radius 3 is 2.27 bits per heavy atom. The Bertz CT molecular complexity index is 911. The van der Waals surface area contributed by atoms with Crippen molar-refractivity contribution in [3.05, 3.63) is 59.7 Å². The van der Waals surface area contributed by atoms with Gasteiger partial charge in [-0.25, -0.2) is 17.2 Å². The van der Waals surface area contributed by atoms with Crippen molar-refractivity contribution in [2.75, 3.05) is 31.6 Å². The first-order chi connectivity index (χ1) is 12.4. The molecule has 1 saturated heterocycles. The topological polar surface area (TPSA) is 75.7 Å². The highest BCUT2D eigenvalue weighted by Crippen LogP contribution is 2.19. The van der Waals surface area contributed by atoms with Crippen LogP contribution in [0.2, 0.25) is 0 Å². The molecule has 0 spiro atoms. The fourth-order valence-corrected chi connectivity index (χ4v) is 3.90. The quantitative estimate of drug-likeness (QED) is 0.880. The first-order valence-electron chi connectivity index (χ1n) is 7.82. The fourth-order valence-electron chi connectivity index (χ4n) is 2.49. The molecule has 1 heterocycles. The Kier molecular flexibility index (Phi) is 5.30. The number of halogens is 2. The van der Waals surface area contributed by atoms with Crippen LogP contribution in [0.5, 0.6) is 0 Å². The van der Waals surface area contributed by atoms with Crippen LogP contribution in [0.1, 0.15) is 10.4 Å². The molecule has 2 aromatic carbocycles. The number of carbonyl (C=O) groups excluding carboxylic acids is 1. The maximum absolute atomic E-state index is 13.2. The zero-order valence-electron chi connectivity index (χ0n) is 13.6. The summed E-state index contributed by atoms with van der Waals surface area (Å²) in [6, 6.07) is 8.40. The number of ether oxygens (including phenoxy) is 1. The summed E-state index contributed by atoms with van der Waals surface area (Å²) < 4.78 is 57.6.